The number of benzene rings is 2. The van der Waals surface area contributed by atoms with Gasteiger partial charge in [-0.3, -0.25) is 4.72 Å². The van der Waals surface area contributed by atoms with Crippen LogP contribution in [0.15, 0.2) is 54.6 Å². The molecule has 2 aromatic carbocycles. The molecule has 0 aliphatic rings. The average molecular weight is 358 g/mol. The molecule has 2 aromatic rings. The summed E-state index contributed by atoms with van der Waals surface area (Å²) in [4.78, 5) is 1.93. The van der Waals surface area contributed by atoms with Crippen molar-refractivity contribution in [3.05, 3.63) is 60.2 Å². The van der Waals surface area contributed by atoms with Gasteiger partial charge in [-0.15, -0.1) is 0 Å². The van der Waals surface area contributed by atoms with Gasteiger partial charge in [-0.1, -0.05) is 36.4 Å². The normalized spacial score (nSPS) is 12.0. The fourth-order valence-corrected chi connectivity index (χ4v) is 2.72. The largest absolute Gasteiger partial charge is 0.516 e. The summed E-state index contributed by atoms with van der Waals surface area (Å²) in [5.41, 5.74) is -3.81. The molecule has 4 nitrogen and oxygen atoms in total. The Balaban J connectivity index is 2.22. The minimum Gasteiger partial charge on any atom is -0.367 e. The van der Waals surface area contributed by atoms with E-state index in [0.717, 1.165) is 5.56 Å². The van der Waals surface area contributed by atoms with Crippen LogP contribution in [0.4, 0.5) is 24.5 Å². The lowest BCUT2D eigenvalue weighted by Gasteiger charge is -2.24. The zero-order valence-corrected chi connectivity index (χ0v) is 13.7. The number of nitrogens with one attached hydrogen (secondary N) is 1. The molecule has 2 rings (SSSR count). The van der Waals surface area contributed by atoms with E-state index in [1.165, 1.54) is 18.2 Å². The molecule has 0 bridgehead atoms. The summed E-state index contributed by atoms with van der Waals surface area (Å²) < 4.78 is 61.4. The molecule has 0 saturated heterocycles. The van der Waals surface area contributed by atoms with Gasteiger partial charge in [-0.25, -0.2) is 0 Å². The highest BCUT2D eigenvalue weighted by atomic mass is 32.2. The maximum Gasteiger partial charge on any atom is 0.516 e. The van der Waals surface area contributed by atoms with Crippen LogP contribution in [0.25, 0.3) is 0 Å². The standard InChI is InChI=1S/C16H17F3N2O2S/c1-2-21(12-13-7-4-3-5-8-13)15-10-6-9-14(11-15)20-24(22,23)16(17,18)19/h3-11,20H,2,12H2,1H3. The number of sulfonamides is 1. The fourth-order valence-electron chi connectivity index (χ4n) is 2.17. The molecule has 130 valence electrons. The lowest BCUT2D eigenvalue weighted by Crippen LogP contribution is -2.30. The number of alkyl halides is 3. The average Bonchev–Trinajstić information content (AvgIpc) is 2.52. The first-order valence-electron chi connectivity index (χ1n) is 7.21. The van der Waals surface area contributed by atoms with E-state index in [9.17, 15) is 21.6 Å². The van der Waals surface area contributed by atoms with Gasteiger partial charge in [-0.2, -0.15) is 21.6 Å². The molecule has 0 unspecified atom stereocenters. The van der Waals surface area contributed by atoms with Gasteiger partial charge >= 0.3 is 15.5 Å². The third kappa shape index (κ3) is 4.41. The van der Waals surface area contributed by atoms with E-state index >= 15 is 0 Å². The Labute approximate surface area is 139 Å². The van der Waals surface area contributed by atoms with Crippen molar-refractivity contribution in [2.45, 2.75) is 19.0 Å². The molecule has 0 saturated carbocycles. The Morgan fingerprint density at radius 2 is 1.71 bits per heavy atom. The molecule has 0 radical (unpaired) electrons. The minimum atomic E-state index is -5.43. The molecule has 0 spiro atoms. The van der Waals surface area contributed by atoms with E-state index in [-0.39, 0.29) is 5.69 Å². The van der Waals surface area contributed by atoms with E-state index < -0.39 is 15.5 Å². The van der Waals surface area contributed by atoms with Crippen molar-refractivity contribution < 1.29 is 21.6 Å². The maximum absolute atomic E-state index is 12.5. The second-order valence-electron chi connectivity index (χ2n) is 5.10. The summed E-state index contributed by atoms with van der Waals surface area (Å²) in [6.45, 7) is 3.09. The number of nitrogens with zero attached hydrogens (tertiary/aromatic N) is 1. The highest BCUT2D eigenvalue weighted by molar-refractivity contribution is 7.93. The van der Waals surface area contributed by atoms with E-state index in [4.69, 9.17) is 0 Å². The van der Waals surface area contributed by atoms with E-state index in [1.54, 1.807) is 10.8 Å². The number of anilines is 2. The smallest absolute Gasteiger partial charge is 0.367 e. The molecule has 1 N–H and O–H groups in total. The highest BCUT2D eigenvalue weighted by Crippen LogP contribution is 2.27. The predicted octanol–water partition coefficient (Wildman–Crippen LogP) is 3.97. The number of rotatable bonds is 6. The summed E-state index contributed by atoms with van der Waals surface area (Å²) in [6, 6.07) is 15.5. The molecular formula is C16H17F3N2O2S. The molecule has 24 heavy (non-hydrogen) atoms. The lowest BCUT2D eigenvalue weighted by molar-refractivity contribution is -0.0429. The zero-order valence-electron chi connectivity index (χ0n) is 12.9. The first kappa shape index (κ1) is 18.1. The second-order valence-corrected chi connectivity index (χ2v) is 6.78. The van der Waals surface area contributed by atoms with Gasteiger partial charge < -0.3 is 4.90 Å². The molecule has 0 amide bonds. The summed E-state index contributed by atoms with van der Waals surface area (Å²) in [6.07, 6.45) is 0. The van der Waals surface area contributed by atoms with Crippen LogP contribution < -0.4 is 9.62 Å². The van der Waals surface area contributed by atoms with Crippen LogP contribution in [0, 0.1) is 0 Å². The Hall–Kier alpha value is -2.22. The van der Waals surface area contributed by atoms with Crippen molar-refractivity contribution in [1.29, 1.82) is 0 Å². The number of hydrogen-bond donors (Lipinski definition) is 1. The van der Waals surface area contributed by atoms with Crippen LogP contribution in [0.5, 0.6) is 0 Å². The summed E-state index contributed by atoms with van der Waals surface area (Å²) in [7, 11) is -5.43. The van der Waals surface area contributed by atoms with Crippen LogP contribution in [-0.2, 0) is 16.6 Å². The third-order valence-electron chi connectivity index (χ3n) is 3.37. The summed E-state index contributed by atoms with van der Waals surface area (Å²) in [5.74, 6) is 0. The van der Waals surface area contributed by atoms with Gasteiger partial charge in [0.1, 0.15) is 0 Å². The Bertz CT molecular complexity index is 777. The molecule has 0 aromatic heterocycles. The van der Waals surface area contributed by atoms with Crippen molar-refractivity contribution >= 4 is 21.4 Å². The van der Waals surface area contributed by atoms with Gasteiger partial charge in [0.15, 0.2) is 0 Å². The Morgan fingerprint density at radius 3 is 2.29 bits per heavy atom. The maximum atomic E-state index is 12.5. The summed E-state index contributed by atoms with van der Waals surface area (Å²) >= 11 is 0. The Kier molecular flexibility index (Phi) is 5.38. The van der Waals surface area contributed by atoms with E-state index in [2.05, 4.69) is 0 Å². The highest BCUT2D eigenvalue weighted by Gasteiger charge is 2.46. The molecule has 8 heteroatoms. The van der Waals surface area contributed by atoms with Crippen LogP contribution >= 0.6 is 0 Å². The topological polar surface area (TPSA) is 49.4 Å². The summed E-state index contributed by atoms with van der Waals surface area (Å²) in [5, 5.41) is 0. The van der Waals surface area contributed by atoms with Crippen molar-refractivity contribution in [2.75, 3.05) is 16.2 Å². The monoisotopic (exact) mass is 358 g/mol. The molecule has 0 aliphatic carbocycles. The van der Waals surface area contributed by atoms with Crippen molar-refractivity contribution in [3.8, 4) is 0 Å². The van der Waals surface area contributed by atoms with Crippen LogP contribution in [0.1, 0.15) is 12.5 Å². The minimum absolute atomic E-state index is 0.128. The van der Waals surface area contributed by atoms with Crippen LogP contribution in [0.3, 0.4) is 0 Å². The predicted molar refractivity (Wildman–Crippen MR) is 88.2 cm³/mol. The number of halogens is 3. The Morgan fingerprint density at radius 1 is 1.04 bits per heavy atom. The van der Waals surface area contributed by atoms with Crippen molar-refractivity contribution in [3.63, 3.8) is 0 Å². The quantitative estimate of drug-likeness (QED) is 0.850. The second kappa shape index (κ2) is 7.12. The zero-order chi connectivity index (χ0) is 17.8. The molecule has 0 atom stereocenters. The SMILES string of the molecule is CCN(Cc1ccccc1)c1cccc(NS(=O)(=O)C(F)(F)F)c1. The van der Waals surface area contributed by atoms with Gasteiger partial charge in [0, 0.05) is 18.8 Å². The van der Waals surface area contributed by atoms with Gasteiger partial charge in [0.25, 0.3) is 0 Å². The fraction of sp³-hybridized carbons (Fsp3) is 0.250. The molecule has 0 aliphatic heterocycles. The first-order valence-corrected chi connectivity index (χ1v) is 8.69. The van der Waals surface area contributed by atoms with Gasteiger partial charge in [0.05, 0.1) is 5.69 Å². The first-order chi connectivity index (χ1) is 11.2. The number of hydrogen-bond acceptors (Lipinski definition) is 3. The van der Waals surface area contributed by atoms with Crippen LogP contribution in [0.2, 0.25) is 0 Å². The molecule has 0 fully saturated rings. The van der Waals surface area contributed by atoms with Gasteiger partial charge in [0.2, 0.25) is 0 Å². The van der Waals surface area contributed by atoms with Gasteiger partial charge in [-0.05, 0) is 30.7 Å². The lowest BCUT2D eigenvalue weighted by atomic mass is 10.2. The van der Waals surface area contributed by atoms with E-state index in [1.807, 2.05) is 42.2 Å². The molecular weight excluding hydrogens is 341 g/mol. The molecule has 0 heterocycles. The van der Waals surface area contributed by atoms with Crippen molar-refractivity contribution in [1.82, 2.24) is 0 Å². The van der Waals surface area contributed by atoms with E-state index in [0.29, 0.717) is 18.8 Å². The van der Waals surface area contributed by atoms with Crippen LogP contribution in [-0.4, -0.2) is 20.5 Å². The van der Waals surface area contributed by atoms with Crippen molar-refractivity contribution in [2.24, 2.45) is 0 Å². The third-order valence-corrected chi connectivity index (χ3v) is 4.48.